The van der Waals surface area contributed by atoms with Gasteiger partial charge in [0.2, 0.25) is 5.91 Å². The molecule has 0 aliphatic heterocycles. The summed E-state index contributed by atoms with van der Waals surface area (Å²) >= 11 is 0. The van der Waals surface area contributed by atoms with E-state index in [-0.39, 0.29) is 5.91 Å². The van der Waals surface area contributed by atoms with Gasteiger partial charge in [0, 0.05) is 24.4 Å². The molecule has 6 rings (SSSR count). The van der Waals surface area contributed by atoms with Gasteiger partial charge in [0.15, 0.2) is 11.7 Å². The first-order valence-corrected chi connectivity index (χ1v) is 10.5. The van der Waals surface area contributed by atoms with Crippen molar-refractivity contribution in [1.82, 2.24) is 10.3 Å². The van der Waals surface area contributed by atoms with Crippen molar-refractivity contribution in [3.8, 4) is 11.3 Å². The first-order chi connectivity index (χ1) is 13.2. The molecule has 0 saturated heterocycles. The molecule has 1 N–H and O–H groups in total. The number of aryl methyl sites for hydroxylation is 1. The topological polar surface area (TPSA) is 55.1 Å². The Kier molecular flexibility index (Phi) is 4.50. The molecule has 1 aromatic carbocycles. The van der Waals surface area contributed by atoms with Crippen molar-refractivity contribution in [1.29, 1.82) is 0 Å². The van der Waals surface area contributed by atoms with Crippen LogP contribution in [-0.2, 0) is 11.2 Å². The lowest BCUT2D eigenvalue weighted by Gasteiger charge is -2.54. The van der Waals surface area contributed by atoms with Crippen LogP contribution >= 0.6 is 0 Å². The number of carbonyl (C=O) groups excluding carboxylic acids is 1. The third kappa shape index (κ3) is 3.54. The van der Waals surface area contributed by atoms with Crippen LogP contribution in [0.1, 0.15) is 50.8 Å². The van der Waals surface area contributed by atoms with Crippen LogP contribution in [-0.4, -0.2) is 16.9 Å². The van der Waals surface area contributed by atoms with E-state index in [1.54, 1.807) is 6.20 Å². The third-order valence-electron chi connectivity index (χ3n) is 6.96. The number of carbonyl (C=O) groups is 1. The van der Waals surface area contributed by atoms with Crippen LogP contribution in [0.2, 0.25) is 0 Å². The Bertz CT molecular complexity index is 770. The second-order valence-electron chi connectivity index (χ2n) is 8.86. The summed E-state index contributed by atoms with van der Waals surface area (Å²) in [5.41, 5.74) is 1.04. The van der Waals surface area contributed by atoms with Gasteiger partial charge in [0.25, 0.3) is 0 Å². The Balaban J connectivity index is 1.11. The molecule has 4 bridgehead atoms. The summed E-state index contributed by atoms with van der Waals surface area (Å²) in [5.74, 6) is 5.10. The van der Waals surface area contributed by atoms with Crippen LogP contribution in [0.3, 0.4) is 0 Å². The molecular formula is C23H28N2O2. The molecule has 0 spiro atoms. The Morgan fingerprint density at radius 1 is 1.04 bits per heavy atom. The average Bonchev–Trinajstić information content (AvgIpc) is 3.14. The van der Waals surface area contributed by atoms with Gasteiger partial charge in [-0.1, -0.05) is 30.3 Å². The fourth-order valence-electron chi connectivity index (χ4n) is 5.98. The number of nitrogens with zero attached hydrogens (tertiary/aromatic N) is 1. The number of aromatic nitrogens is 1. The highest BCUT2D eigenvalue weighted by molar-refractivity contribution is 5.76. The van der Waals surface area contributed by atoms with Crippen molar-refractivity contribution in [2.24, 2.45) is 23.7 Å². The van der Waals surface area contributed by atoms with Crippen molar-refractivity contribution >= 4 is 5.91 Å². The van der Waals surface area contributed by atoms with E-state index in [4.69, 9.17) is 4.42 Å². The SMILES string of the molecule is O=C(CCCc1ncc(-c2ccccc2)o1)NC1C2CC3CC(C2)CC1C3. The first-order valence-electron chi connectivity index (χ1n) is 10.5. The lowest BCUT2D eigenvalue weighted by molar-refractivity contribution is -0.125. The van der Waals surface area contributed by atoms with Gasteiger partial charge in [0.05, 0.1) is 6.20 Å². The number of amides is 1. The number of hydrogen-bond acceptors (Lipinski definition) is 3. The fraction of sp³-hybridized carbons (Fsp3) is 0.565. The van der Waals surface area contributed by atoms with Gasteiger partial charge in [-0.2, -0.15) is 0 Å². The second kappa shape index (κ2) is 7.14. The molecule has 0 unspecified atom stereocenters. The van der Waals surface area contributed by atoms with Gasteiger partial charge in [-0.3, -0.25) is 4.79 Å². The van der Waals surface area contributed by atoms with Crippen LogP contribution in [0.4, 0.5) is 0 Å². The van der Waals surface area contributed by atoms with E-state index in [1.165, 1.54) is 32.1 Å². The molecule has 4 nitrogen and oxygen atoms in total. The highest BCUT2D eigenvalue weighted by atomic mass is 16.4. The zero-order valence-corrected chi connectivity index (χ0v) is 15.8. The van der Waals surface area contributed by atoms with E-state index in [0.29, 0.717) is 18.9 Å². The lowest BCUT2D eigenvalue weighted by Crippen LogP contribution is -2.55. The summed E-state index contributed by atoms with van der Waals surface area (Å²) in [6.45, 7) is 0. The van der Waals surface area contributed by atoms with Gasteiger partial charge >= 0.3 is 0 Å². The maximum atomic E-state index is 12.5. The zero-order valence-electron chi connectivity index (χ0n) is 15.8. The summed E-state index contributed by atoms with van der Waals surface area (Å²) in [6, 6.07) is 10.4. The summed E-state index contributed by atoms with van der Waals surface area (Å²) in [5, 5.41) is 3.39. The molecule has 142 valence electrons. The molecule has 4 aliphatic rings. The van der Waals surface area contributed by atoms with E-state index in [2.05, 4.69) is 10.3 Å². The number of oxazole rings is 1. The highest BCUT2D eigenvalue weighted by Gasteiger charge is 2.48. The molecule has 1 aromatic heterocycles. The molecule has 1 heterocycles. The van der Waals surface area contributed by atoms with E-state index in [0.717, 1.165) is 47.3 Å². The summed E-state index contributed by atoms with van der Waals surface area (Å²) in [6.07, 6.45) is 10.7. The minimum Gasteiger partial charge on any atom is -0.441 e. The van der Waals surface area contributed by atoms with Crippen molar-refractivity contribution in [3.63, 3.8) is 0 Å². The Morgan fingerprint density at radius 2 is 1.74 bits per heavy atom. The standard InChI is InChI=1S/C23H28N2O2/c26-21(25-23-18-10-15-9-16(12-18)13-19(23)11-15)7-4-8-22-24-14-20(27-22)17-5-2-1-3-6-17/h1-3,5-6,14-16,18-19,23H,4,7-13H2,(H,25,26). The molecule has 0 atom stereocenters. The largest absolute Gasteiger partial charge is 0.441 e. The second-order valence-corrected chi connectivity index (χ2v) is 8.86. The Labute approximate surface area is 160 Å². The first kappa shape index (κ1) is 17.0. The maximum absolute atomic E-state index is 12.5. The average molecular weight is 364 g/mol. The van der Waals surface area contributed by atoms with E-state index < -0.39 is 0 Å². The minimum atomic E-state index is 0.210. The molecule has 1 amide bonds. The van der Waals surface area contributed by atoms with Gasteiger partial charge in [-0.25, -0.2) is 4.98 Å². The number of benzene rings is 1. The number of nitrogens with one attached hydrogen (secondary N) is 1. The van der Waals surface area contributed by atoms with Crippen molar-refractivity contribution in [2.75, 3.05) is 0 Å². The predicted molar refractivity (Wildman–Crippen MR) is 104 cm³/mol. The number of rotatable bonds is 6. The van der Waals surface area contributed by atoms with Gasteiger partial charge in [-0.15, -0.1) is 0 Å². The lowest BCUT2D eigenvalue weighted by atomic mass is 9.54. The molecule has 4 aliphatic carbocycles. The predicted octanol–water partition coefficient (Wildman–Crippen LogP) is 4.61. The van der Waals surface area contributed by atoms with Crippen LogP contribution in [0, 0.1) is 23.7 Å². The highest BCUT2D eigenvalue weighted by Crippen LogP contribution is 2.53. The van der Waals surface area contributed by atoms with Crippen LogP contribution in [0.25, 0.3) is 11.3 Å². The molecule has 4 fully saturated rings. The number of hydrogen-bond donors (Lipinski definition) is 1. The molecule has 4 heteroatoms. The van der Waals surface area contributed by atoms with E-state index in [1.807, 2.05) is 30.3 Å². The summed E-state index contributed by atoms with van der Waals surface area (Å²) in [7, 11) is 0. The smallest absolute Gasteiger partial charge is 0.220 e. The Morgan fingerprint density at radius 3 is 2.44 bits per heavy atom. The summed E-state index contributed by atoms with van der Waals surface area (Å²) < 4.78 is 5.84. The monoisotopic (exact) mass is 364 g/mol. The van der Waals surface area contributed by atoms with Gasteiger partial charge in [-0.05, 0) is 62.2 Å². The van der Waals surface area contributed by atoms with Crippen molar-refractivity contribution in [2.45, 2.75) is 57.4 Å². The van der Waals surface area contributed by atoms with Crippen LogP contribution in [0.5, 0.6) is 0 Å². The van der Waals surface area contributed by atoms with Gasteiger partial charge in [0.1, 0.15) is 0 Å². The molecule has 4 saturated carbocycles. The van der Waals surface area contributed by atoms with Gasteiger partial charge < -0.3 is 9.73 Å². The van der Waals surface area contributed by atoms with Crippen molar-refractivity contribution in [3.05, 3.63) is 42.4 Å². The molecule has 0 radical (unpaired) electrons. The zero-order chi connectivity index (χ0) is 18.2. The van der Waals surface area contributed by atoms with E-state index in [9.17, 15) is 4.79 Å². The molecular weight excluding hydrogens is 336 g/mol. The normalized spacial score (nSPS) is 31.2. The fourth-order valence-corrected chi connectivity index (χ4v) is 5.98. The van der Waals surface area contributed by atoms with Crippen molar-refractivity contribution < 1.29 is 9.21 Å². The maximum Gasteiger partial charge on any atom is 0.220 e. The quantitative estimate of drug-likeness (QED) is 0.815. The molecule has 2 aromatic rings. The summed E-state index contributed by atoms with van der Waals surface area (Å²) in [4.78, 5) is 16.9. The minimum absolute atomic E-state index is 0.210. The van der Waals surface area contributed by atoms with Crippen LogP contribution < -0.4 is 5.32 Å². The third-order valence-corrected chi connectivity index (χ3v) is 6.96. The molecule has 27 heavy (non-hydrogen) atoms. The van der Waals surface area contributed by atoms with E-state index >= 15 is 0 Å². The van der Waals surface area contributed by atoms with Crippen LogP contribution in [0.15, 0.2) is 40.9 Å². The Hall–Kier alpha value is -2.10.